The molecule has 1 aromatic heterocycles. The number of rotatable bonds is 3. The van der Waals surface area contributed by atoms with Crippen LogP contribution in [0.4, 0.5) is 13.2 Å². The normalized spacial score (nSPS) is 20.3. The van der Waals surface area contributed by atoms with Crippen molar-refractivity contribution in [2.24, 2.45) is 5.73 Å². The van der Waals surface area contributed by atoms with Gasteiger partial charge in [0.2, 0.25) is 5.91 Å². The van der Waals surface area contributed by atoms with Crippen LogP contribution >= 0.6 is 0 Å². The van der Waals surface area contributed by atoms with Crippen molar-refractivity contribution < 1.29 is 18.0 Å². The van der Waals surface area contributed by atoms with Crippen LogP contribution in [0.5, 0.6) is 0 Å². The van der Waals surface area contributed by atoms with E-state index < -0.39 is 17.8 Å². The van der Waals surface area contributed by atoms with E-state index in [1.807, 2.05) is 0 Å². The first-order valence-electron chi connectivity index (χ1n) is 6.22. The second-order valence-corrected chi connectivity index (χ2v) is 4.85. The molecular formula is C12H15F3N4O. The van der Waals surface area contributed by atoms with Gasteiger partial charge in [-0.15, -0.1) is 0 Å². The quantitative estimate of drug-likeness (QED) is 0.913. The van der Waals surface area contributed by atoms with Crippen LogP contribution in [0, 0.1) is 6.92 Å². The predicted molar refractivity (Wildman–Crippen MR) is 64.5 cm³/mol. The largest absolute Gasteiger partial charge is 0.433 e. The number of aryl methyl sites for hydroxylation is 1. The van der Waals surface area contributed by atoms with Crippen molar-refractivity contribution in [1.82, 2.24) is 14.9 Å². The molecule has 1 unspecified atom stereocenters. The molecule has 1 aliphatic heterocycles. The van der Waals surface area contributed by atoms with Gasteiger partial charge in [0.15, 0.2) is 0 Å². The maximum atomic E-state index is 12.8. The Morgan fingerprint density at radius 1 is 1.50 bits per heavy atom. The number of primary amides is 1. The summed E-state index contributed by atoms with van der Waals surface area (Å²) < 4.78 is 38.3. The van der Waals surface area contributed by atoms with Gasteiger partial charge in [0.25, 0.3) is 0 Å². The molecule has 0 saturated carbocycles. The van der Waals surface area contributed by atoms with Gasteiger partial charge >= 0.3 is 6.18 Å². The molecular weight excluding hydrogens is 273 g/mol. The average Bonchev–Trinajstić information content (AvgIpc) is 2.74. The number of carbonyl (C=O) groups is 1. The molecule has 0 radical (unpaired) electrons. The molecule has 1 fully saturated rings. The summed E-state index contributed by atoms with van der Waals surface area (Å²) in [5, 5.41) is 0. The third kappa shape index (κ3) is 3.24. The molecule has 2 rings (SSSR count). The molecule has 0 aliphatic carbocycles. The summed E-state index contributed by atoms with van der Waals surface area (Å²) in [6.07, 6.45) is -3.11. The zero-order valence-electron chi connectivity index (χ0n) is 10.9. The van der Waals surface area contributed by atoms with Gasteiger partial charge in [-0.1, -0.05) is 0 Å². The summed E-state index contributed by atoms with van der Waals surface area (Å²) in [7, 11) is 0. The van der Waals surface area contributed by atoms with Gasteiger partial charge in [0, 0.05) is 5.69 Å². The lowest BCUT2D eigenvalue weighted by atomic mass is 10.2. The molecule has 0 bridgehead atoms. The molecule has 0 aromatic carbocycles. The summed E-state index contributed by atoms with van der Waals surface area (Å²) in [6.45, 7) is 2.10. The predicted octanol–water partition coefficient (Wildman–Crippen LogP) is 1.43. The number of hydrogen-bond acceptors (Lipinski definition) is 4. The van der Waals surface area contributed by atoms with E-state index in [0.717, 1.165) is 12.5 Å². The first-order valence-corrected chi connectivity index (χ1v) is 6.22. The molecule has 1 saturated heterocycles. The Balaban J connectivity index is 2.32. The van der Waals surface area contributed by atoms with Crippen molar-refractivity contribution in [1.29, 1.82) is 0 Å². The molecule has 1 atom stereocenters. The van der Waals surface area contributed by atoms with Crippen molar-refractivity contribution in [3.8, 4) is 0 Å². The van der Waals surface area contributed by atoms with E-state index in [1.54, 1.807) is 4.90 Å². The second-order valence-electron chi connectivity index (χ2n) is 4.85. The molecule has 110 valence electrons. The maximum absolute atomic E-state index is 12.8. The Hall–Kier alpha value is -1.70. The maximum Gasteiger partial charge on any atom is 0.433 e. The van der Waals surface area contributed by atoms with E-state index in [0.29, 0.717) is 13.0 Å². The third-order valence-electron chi connectivity index (χ3n) is 3.18. The molecule has 20 heavy (non-hydrogen) atoms. The molecule has 8 heteroatoms. The highest BCUT2D eigenvalue weighted by Crippen LogP contribution is 2.33. The van der Waals surface area contributed by atoms with Crippen LogP contribution in [-0.4, -0.2) is 33.9 Å². The van der Waals surface area contributed by atoms with E-state index >= 15 is 0 Å². The second kappa shape index (κ2) is 5.35. The van der Waals surface area contributed by atoms with Crippen LogP contribution in [0.2, 0.25) is 0 Å². The first kappa shape index (κ1) is 14.7. The van der Waals surface area contributed by atoms with Gasteiger partial charge < -0.3 is 5.73 Å². The number of halogens is 3. The van der Waals surface area contributed by atoms with Crippen LogP contribution in [0.1, 0.15) is 36.1 Å². The van der Waals surface area contributed by atoms with Crippen molar-refractivity contribution in [3.63, 3.8) is 0 Å². The Morgan fingerprint density at radius 3 is 2.80 bits per heavy atom. The smallest absolute Gasteiger partial charge is 0.369 e. The highest BCUT2D eigenvalue weighted by atomic mass is 19.4. The van der Waals surface area contributed by atoms with Gasteiger partial charge in [-0.05, 0) is 32.4 Å². The fraction of sp³-hybridized carbons (Fsp3) is 0.583. The fourth-order valence-electron chi connectivity index (χ4n) is 2.39. The average molecular weight is 288 g/mol. The monoisotopic (exact) mass is 288 g/mol. The van der Waals surface area contributed by atoms with Gasteiger partial charge in [-0.25, -0.2) is 9.97 Å². The van der Waals surface area contributed by atoms with Crippen LogP contribution < -0.4 is 5.73 Å². The molecule has 5 nitrogen and oxygen atoms in total. The Bertz CT molecular complexity index is 518. The number of hydrogen-bond donors (Lipinski definition) is 1. The number of nitrogens with two attached hydrogens (primary N) is 1. The zero-order valence-corrected chi connectivity index (χ0v) is 10.9. The minimum Gasteiger partial charge on any atom is -0.369 e. The molecule has 2 N–H and O–H groups in total. The third-order valence-corrected chi connectivity index (χ3v) is 3.18. The van der Waals surface area contributed by atoms with Gasteiger partial charge in [-0.3, -0.25) is 9.69 Å². The zero-order chi connectivity index (χ0) is 14.9. The summed E-state index contributed by atoms with van der Waals surface area (Å²) in [4.78, 5) is 20.4. The van der Waals surface area contributed by atoms with Gasteiger partial charge in [0.1, 0.15) is 11.5 Å². The van der Waals surface area contributed by atoms with Crippen molar-refractivity contribution in [2.75, 3.05) is 13.1 Å². The summed E-state index contributed by atoms with van der Waals surface area (Å²) >= 11 is 0. The summed E-state index contributed by atoms with van der Waals surface area (Å²) in [6, 6.07) is 0.528. The van der Waals surface area contributed by atoms with Crippen LogP contribution in [0.3, 0.4) is 0 Å². The highest BCUT2D eigenvalue weighted by molar-refractivity contribution is 5.76. The van der Waals surface area contributed by atoms with E-state index in [-0.39, 0.29) is 24.1 Å². The first-order chi connectivity index (χ1) is 9.27. The lowest BCUT2D eigenvalue weighted by Gasteiger charge is -2.22. The van der Waals surface area contributed by atoms with Crippen molar-refractivity contribution in [3.05, 3.63) is 23.3 Å². The molecule has 1 aliphatic rings. The number of aromatic nitrogens is 2. The Kier molecular flexibility index (Phi) is 3.94. The van der Waals surface area contributed by atoms with E-state index in [4.69, 9.17) is 5.73 Å². The minimum atomic E-state index is -4.50. The van der Waals surface area contributed by atoms with Crippen molar-refractivity contribution >= 4 is 5.91 Å². The summed E-state index contributed by atoms with van der Waals surface area (Å²) in [5.74, 6) is -0.406. The van der Waals surface area contributed by atoms with Crippen LogP contribution in [0.15, 0.2) is 6.07 Å². The van der Waals surface area contributed by atoms with Crippen LogP contribution in [0.25, 0.3) is 0 Å². The van der Waals surface area contributed by atoms with E-state index in [2.05, 4.69) is 9.97 Å². The van der Waals surface area contributed by atoms with E-state index in [9.17, 15) is 18.0 Å². The topological polar surface area (TPSA) is 72.1 Å². The van der Waals surface area contributed by atoms with E-state index in [1.165, 1.54) is 6.92 Å². The van der Waals surface area contributed by atoms with Gasteiger partial charge in [0.05, 0.1) is 12.6 Å². The fourth-order valence-corrected chi connectivity index (χ4v) is 2.39. The number of amides is 1. The number of alkyl halides is 3. The SMILES string of the molecule is Cc1cc(C(F)(F)F)nc(C2CCCN2CC(N)=O)n1. The Labute approximate surface area is 114 Å². The molecule has 0 spiro atoms. The number of carbonyl (C=O) groups excluding carboxylic acids is 1. The lowest BCUT2D eigenvalue weighted by molar-refractivity contribution is -0.141. The number of likely N-dealkylation sites (tertiary alicyclic amines) is 1. The molecule has 1 aromatic rings. The number of nitrogens with zero attached hydrogens (tertiary/aromatic N) is 3. The lowest BCUT2D eigenvalue weighted by Crippen LogP contribution is -2.34. The van der Waals surface area contributed by atoms with Gasteiger partial charge in [-0.2, -0.15) is 13.2 Å². The minimum absolute atomic E-state index is 0.00329. The van der Waals surface area contributed by atoms with Crippen molar-refractivity contribution in [2.45, 2.75) is 32.0 Å². The summed E-state index contributed by atoms with van der Waals surface area (Å²) in [5.41, 5.74) is 4.45. The van der Waals surface area contributed by atoms with Crippen LogP contribution in [-0.2, 0) is 11.0 Å². The standard InChI is InChI=1S/C12H15F3N4O/c1-7-5-9(12(13,14)15)18-11(17-7)8-3-2-4-19(8)6-10(16)20/h5,8H,2-4,6H2,1H3,(H2,16,20). The highest BCUT2D eigenvalue weighted by Gasteiger charge is 2.36. The Morgan fingerprint density at radius 2 is 2.20 bits per heavy atom. The molecule has 1 amide bonds. The molecule has 2 heterocycles.